The van der Waals surface area contributed by atoms with Crippen LogP contribution in [-0.2, 0) is 32.9 Å². The van der Waals surface area contributed by atoms with Gasteiger partial charge in [0.25, 0.3) is 7.52 Å². The molecule has 0 spiro atoms. The fourth-order valence-corrected chi connectivity index (χ4v) is 5.00. The lowest BCUT2D eigenvalue weighted by atomic mass is 10.0. The smallest absolute Gasteiger partial charge is 0.335 e. The summed E-state index contributed by atoms with van der Waals surface area (Å²) in [5, 5.41) is 2.67. The molecule has 4 atom stereocenters. The van der Waals surface area contributed by atoms with E-state index in [2.05, 4.69) is 15.1 Å². The van der Waals surface area contributed by atoms with Crippen molar-refractivity contribution in [3.63, 3.8) is 0 Å². The monoisotopic (exact) mass is 517 g/mol. The number of aromatic nitrogens is 2. The molecule has 2 unspecified atom stereocenters. The standard InChI is InChI=1S/C23H40N3O8P/c1-15(2)30-14-35(29,34-19(7)22(28)31-16(3)4)26-18(6)21(27)32-17(5)12-23(8,9)33-20-10-11-24-13-25-20/h10-11,13,15-19H,12,14H2,1-9H3,(H,26,29)/t17?,18-,19-,35?/m0/s1. The van der Waals surface area contributed by atoms with E-state index in [4.69, 9.17) is 23.5 Å². The van der Waals surface area contributed by atoms with Crippen LogP contribution in [0.15, 0.2) is 18.6 Å². The predicted molar refractivity (Wildman–Crippen MR) is 130 cm³/mol. The SMILES string of the molecule is CC(C)OCP(=O)(N[C@@H](C)C(=O)OC(C)CC(C)(C)Oc1ccncn1)O[C@@H](C)C(=O)OC(C)C. The Morgan fingerprint density at radius 3 is 2.23 bits per heavy atom. The Morgan fingerprint density at radius 2 is 1.69 bits per heavy atom. The number of hydrogen-bond acceptors (Lipinski definition) is 10. The van der Waals surface area contributed by atoms with E-state index >= 15 is 0 Å². The first-order valence-electron chi connectivity index (χ1n) is 11.7. The Bertz CT molecular complexity index is 850. The normalized spacial score (nSPS) is 16.3. The predicted octanol–water partition coefficient (Wildman–Crippen LogP) is 3.87. The van der Waals surface area contributed by atoms with Crippen LogP contribution in [0.2, 0.25) is 0 Å². The van der Waals surface area contributed by atoms with Gasteiger partial charge in [-0.3, -0.25) is 9.36 Å². The van der Waals surface area contributed by atoms with Gasteiger partial charge in [0.15, 0.2) is 6.10 Å². The van der Waals surface area contributed by atoms with E-state index in [1.807, 2.05) is 13.8 Å². The molecule has 35 heavy (non-hydrogen) atoms. The number of esters is 2. The van der Waals surface area contributed by atoms with E-state index in [1.54, 1.807) is 46.9 Å². The van der Waals surface area contributed by atoms with Crippen LogP contribution < -0.4 is 9.82 Å². The summed E-state index contributed by atoms with van der Waals surface area (Å²) in [6, 6.07) is 0.636. The van der Waals surface area contributed by atoms with Gasteiger partial charge in [0.2, 0.25) is 5.88 Å². The van der Waals surface area contributed by atoms with E-state index < -0.39 is 43.3 Å². The fraction of sp³-hybridized carbons (Fsp3) is 0.739. The summed E-state index contributed by atoms with van der Waals surface area (Å²) in [6.45, 7) is 15.3. The van der Waals surface area contributed by atoms with Crippen molar-refractivity contribution in [2.75, 3.05) is 6.35 Å². The van der Waals surface area contributed by atoms with E-state index in [-0.39, 0.29) is 18.6 Å². The Balaban J connectivity index is 2.77. The van der Waals surface area contributed by atoms with Crippen molar-refractivity contribution >= 4 is 19.5 Å². The highest BCUT2D eigenvalue weighted by atomic mass is 31.2. The lowest BCUT2D eigenvalue weighted by Crippen LogP contribution is -2.40. The maximum Gasteiger partial charge on any atom is 0.335 e. The van der Waals surface area contributed by atoms with Gasteiger partial charge < -0.3 is 23.5 Å². The Labute approximate surface area is 208 Å². The van der Waals surface area contributed by atoms with E-state index in [0.29, 0.717) is 12.3 Å². The first-order chi connectivity index (χ1) is 16.1. The minimum Gasteiger partial charge on any atom is -0.471 e. The van der Waals surface area contributed by atoms with Gasteiger partial charge in [-0.05, 0) is 62.3 Å². The molecule has 12 heteroatoms. The van der Waals surface area contributed by atoms with Crippen molar-refractivity contribution < 1.29 is 37.6 Å². The second kappa shape index (κ2) is 13.9. The molecule has 11 nitrogen and oxygen atoms in total. The van der Waals surface area contributed by atoms with Gasteiger partial charge in [0.05, 0.1) is 12.2 Å². The minimum atomic E-state index is -3.78. The van der Waals surface area contributed by atoms with Crippen LogP contribution in [-0.4, -0.2) is 64.3 Å². The van der Waals surface area contributed by atoms with Crippen LogP contribution >= 0.6 is 7.52 Å². The van der Waals surface area contributed by atoms with Gasteiger partial charge in [0, 0.05) is 18.7 Å². The molecule has 0 aliphatic carbocycles. The molecular formula is C23H40N3O8P. The molecule has 1 aromatic heterocycles. The highest BCUT2D eigenvalue weighted by molar-refractivity contribution is 7.56. The van der Waals surface area contributed by atoms with Gasteiger partial charge in [0.1, 0.15) is 30.4 Å². The first kappa shape index (κ1) is 31.0. The van der Waals surface area contributed by atoms with Crippen molar-refractivity contribution in [3.05, 3.63) is 18.6 Å². The van der Waals surface area contributed by atoms with Crippen LogP contribution in [0.5, 0.6) is 5.88 Å². The van der Waals surface area contributed by atoms with Crippen molar-refractivity contribution in [1.82, 2.24) is 15.1 Å². The topological polar surface area (TPSA) is 135 Å². The summed E-state index contributed by atoms with van der Waals surface area (Å²) in [4.78, 5) is 32.8. The number of carbonyl (C=O) groups excluding carboxylic acids is 2. The minimum absolute atomic E-state index is 0.244. The van der Waals surface area contributed by atoms with Gasteiger partial charge in [-0.2, -0.15) is 0 Å². The second-order valence-electron chi connectivity index (χ2n) is 9.46. The zero-order valence-electron chi connectivity index (χ0n) is 22.1. The zero-order chi connectivity index (χ0) is 26.8. The maximum absolute atomic E-state index is 13.4. The number of ether oxygens (including phenoxy) is 4. The Kier molecular flexibility index (Phi) is 12.3. The zero-order valence-corrected chi connectivity index (χ0v) is 23.0. The molecule has 0 saturated carbocycles. The van der Waals surface area contributed by atoms with E-state index in [9.17, 15) is 14.2 Å². The van der Waals surface area contributed by atoms with Crippen molar-refractivity contribution in [2.45, 2.75) is 105 Å². The van der Waals surface area contributed by atoms with E-state index in [1.165, 1.54) is 20.2 Å². The molecule has 0 aliphatic rings. The maximum atomic E-state index is 13.4. The molecule has 0 bridgehead atoms. The van der Waals surface area contributed by atoms with Crippen LogP contribution in [0.3, 0.4) is 0 Å². The van der Waals surface area contributed by atoms with Gasteiger partial charge >= 0.3 is 11.9 Å². The number of carbonyl (C=O) groups is 2. The molecule has 1 aromatic rings. The molecule has 1 rings (SSSR count). The Hall–Kier alpha value is -2.07. The van der Waals surface area contributed by atoms with Gasteiger partial charge in [-0.15, -0.1) is 0 Å². The van der Waals surface area contributed by atoms with Crippen molar-refractivity contribution in [3.8, 4) is 5.88 Å². The van der Waals surface area contributed by atoms with Crippen molar-refractivity contribution in [2.24, 2.45) is 0 Å². The summed E-state index contributed by atoms with van der Waals surface area (Å²) < 4.78 is 41.0. The summed E-state index contributed by atoms with van der Waals surface area (Å²) in [7, 11) is -3.78. The number of nitrogens with zero attached hydrogens (tertiary/aromatic N) is 2. The molecule has 1 N–H and O–H groups in total. The lowest BCUT2D eigenvalue weighted by molar-refractivity contribution is -0.155. The van der Waals surface area contributed by atoms with Crippen LogP contribution in [0.1, 0.15) is 68.7 Å². The molecule has 0 fully saturated rings. The molecule has 1 heterocycles. The van der Waals surface area contributed by atoms with Crippen LogP contribution in [0.4, 0.5) is 0 Å². The number of rotatable bonds is 15. The van der Waals surface area contributed by atoms with Gasteiger partial charge in [-0.25, -0.2) is 19.8 Å². The summed E-state index contributed by atoms with van der Waals surface area (Å²) in [5.41, 5.74) is -0.680. The largest absolute Gasteiger partial charge is 0.471 e. The molecule has 0 amide bonds. The van der Waals surface area contributed by atoms with Gasteiger partial charge in [-0.1, -0.05) is 0 Å². The fourth-order valence-electron chi connectivity index (χ4n) is 3.02. The molecule has 0 saturated heterocycles. The molecular weight excluding hydrogens is 477 g/mol. The number of nitrogens with one attached hydrogen (secondary N) is 1. The highest BCUT2D eigenvalue weighted by Gasteiger charge is 2.35. The van der Waals surface area contributed by atoms with Crippen LogP contribution in [0, 0.1) is 0 Å². The quantitative estimate of drug-likeness (QED) is 0.268. The second-order valence-corrected chi connectivity index (χ2v) is 11.5. The summed E-state index contributed by atoms with van der Waals surface area (Å²) in [6.07, 6.45) is 0.743. The molecule has 0 aliphatic heterocycles. The first-order valence-corrected chi connectivity index (χ1v) is 13.5. The molecule has 200 valence electrons. The third-order valence-electron chi connectivity index (χ3n) is 4.37. The highest BCUT2D eigenvalue weighted by Crippen LogP contribution is 2.45. The Morgan fingerprint density at radius 1 is 1.03 bits per heavy atom. The lowest BCUT2D eigenvalue weighted by Gasteiger charge is -2.30. The molecule has 0 aromatic carbocycles. The number of hydrogen-bond donors (Lipinski definition) is 1. The van der Waals surface area contributed by atoms with E-state index in [0.717, 1.165) is 0 Å². The average molecular weight is 518 g/mol. The summed E-state index contributed by atoms with van der Waals surface area (Å²) >= 11 is 0. The van der Waals surface area contributed by atoms with Crippen LogP contribution in [0.25, 0.3) is 0 Å². The summed E-state index contributed by atoms with van der Waals surface area (Å²) in [5.74, 6) is -0.894. The third kappa shape index (κ3) is 12.5. The van der Waals surface area contributed by atoms with Crippen molar-refractivity contribution in [1.29, 1.82) is 0 Å². The molecule has 0 radical (unpaired) electrons. The average Bonchev–Trinajstić information content (AvgIpc) is 2.71. The third-order valence-corrected chi connectivity index (χ3v) is 6.29.